The number of aromatic nitrogens is 4. The van der Waals surface area contributed by atoms with Crippen LogP contribution in [-0.2, 0) is 0 Å². The summed E-state index contributed by atoms with van der Waals surface area (Å²) in [7, 11) is 0. The fourth-order valence-electron chi connectivity index (χ4n) is 10.2. The van der Waals surface area contributed by atoms with Crippen molar-refractivity contribution in [2.75, 3.05) is 0 Å². The van der Waals surface area contributed by atoms with Crippen LogP contribution in [0.4, 0.5) is 0 Å². The molecule has 0 N–H and O–H groups in total. The van der Waals surface area contributed by atoms with Crippen LogP contribution in [0.3, 0.4) is 0 Å². The zero-order valence-corrected chi connectivity index (χ0v) is 33.2. The number of fused-ring (bicyclic) bond motifs is 12. The summed E-state index contributed by atoms with van der Waals surface area (Å²) in [6, 6.07) is 72.8. The molecule has 0 atom stereocenters. The van der Waals surface area contributed by atoms with E-state index in [0.717, 1.165) is 77.1 Å². The lowest BCUT2D eigenvalue weighted by Gasteiger charge is -2.16. The van der Waals surface area contributed by atoms with Gasteiger partial charge in [0.15, 0.2) is 0 Å². The van der Waals surface area contributed by atoms with Crippen LogP contribution in [0.1, 0.15) is 11.1 Å². The Labute approximate surface area is 354 Å². The van der Waals surface area contributed by atoms with Crippen LogP contribution in [0.5, 0.6) is 0 Å². The first-order valence-electron chi connectivity index (χ1n) is 20.7. The zero-order valence-electron chi connectivity index (χ0n) is 33.2. The van der Waals surface area contributed by atoms with Gasteiger partial charge in [-0.05, 0) is 84.9 Å². The molecule has 6 heteroatoms. The van der Waals surface area contributed by atoms with Crippen molar-refractivity contribution in [3.8, 4) is 34.9 Å². The Morgan fingerprint density at radius 1 is 0.258 bits per heavy atom. The molecule has 0 aliphatic heterocycles. The molecule has 13 rings (SSSR count). The Bertz CT molecular complexity index is 3760. The smallest absolute Gasteiger partial charge is 0.101 e. The fraction of sp³-hybridized carbons (Fsp3) is 0. The van der Waals surface area contributed by atoms with Crippen LogP contribution in [-0.4, -0.2) is 18.3 Å². The normalized spacial score (nSPS) is 11.8. The highest BCUT2D eigenvalue weighted by molar-refractivity contribution is 6.14. The van der Waals surface area contributed by atoms with Gasteiger partial charge >= 0.3 is 0 Å². The van der Waals surface area contributed by atoms with E-state index in [1.54, 1.807) is 0 Å². The van der Waals surface area contributed by atoms with Crippen LogP contribution >= 0.6 is 0 Å². The predicted molar refractivity (Wildman–Crippen MR) is 253 cm³/mol. The van der Waals surface area contributed by atoms with E-state index >= 15 is 0 Å². The van der Waals surface area contributed by atoms with Gasteiger partial charge in [0.1, 0.15) is 12.1 Å². The summed E-state index contributed by atoms with van der Waals surface area (Å²) in [5.41, 5.74) is 12.8. The molecular formula is C56H32N6. The molecule has 4 heterocycles. The Morgan fingerprint density at radius 2 is 0.516 bits per heavy atom. The standard InChI is InChI=1S/C56H32N6/c57-33-35-30-56(62-52-24-12-6-18-44(52)46-32-38(26-28-54(46)62)60-49-21-9-3-15-41(49)42-16-4-10-22-50(42)60)36(34-58)29-55(35)61-51-23-11-5-17-43(51)45-31-37(25-27-53(45)61)59-47-19-7-1-13-39(47)40-14-2-8-20-48(40)59/h1-32H. The van der Waals surface area contributed by atoms with Crippen molar-refractivity contribution in [3.05, 3.63) is 205 Å². The van der Waals surface area contributed by atoms with Crippen molar-refractivity contribution in [2.45, 2.75) is 0 Å². The van der Waals surface area contributed by atoms with Crippen molar-refractivity contribution in [1.82, 2.24) is 18.3 Å². The molecule has 0 fully saturated rings. The van der Waals surface area contributed by atoms with Crippen molar-refractivity contribution in [1.29, 1.82) is 10.5 Å². The lowest BCUT2D eigenvalue weighted by molar-refractivity contribution is 1.12. The summed E-state index contributed by atoms with van der Waals surface area (Å²) in [5.74, 6) is 0. The van der Waals surface area contributed by atoms with Crippen LogP contribution in [0, 0.1) is 22.7 Å². The number of hydrogen-bond acceptors (Lipinski definition) is 2. The van der Waals surface area contributed by atoms with Gasteiger partial charge in [-0.3, -0.25) is 0 Å². The summed E-state index contributed by atoms with van der Waals surface area (Å²) in [5, 5.41) is 31.1. The number of para-hydroxylation sites is 6. The Balaban J connectivity index is 1.02. The molecule has 0 bridgehead atoms. The minimum atomic E-state index is 0.473. The summed E-state index contributed by atoms with van der Waals surface area (Å²) in [4.78, 5) is 0. The second-order valence-corrected chi connectivity index (χ2v) is 16.0. The van der Waals surface area contributed by atoms with E-state index in [9.17, 15) is 10.5 Å². The second kappa shape index (κ2) is 12.8. The molecule has 9 aromatic carbocycles. The van der Waals surface area contributed by atoms with Gasteiger partial charge in [0.25, 0.3) is 0 Å². The maximum absolute atomic E-state index is 11.0. The lowest BCUT2D eigenvalue weighted by Crippen LogP contribution is -2.04. The molecule has 62 heavy (non-hydrogen) atoms. The van der Waals surface area contributed by atoms with Gasteiger partial charge in [0, 0.05) is 54.5 Å². The van der Waals surface area contributed by atoms with Gasteiger partial charge < -0.3 is 18.3 Å². The molecular weight excluding hydrogens is 757 g/mol. The number of hydrogen-bond donors (Lipinski definition) is 0. The third-order valence-corrected chi connectivity index (χ3v) is 12.8. The maximum atomic E-state index is 11.0. The van der Waals surface area contributed by atoms with E-state index in [2.05, 4.69) is 200 Å². The van der Waals surface area contributed by atoms with Crippen LogP contribution in [0.15, 0.2) is 194 Å². The Morgan fingerprint density at radius 3 is 0.823 bits per heavy atom. The molecule has 0 amide bonds. The molecule has 4 aromatic heterocycles. The number of benzene rings is 9. The molecule has 286 valence electrons. The first-order valence-corrected chi connectivity index (χ1v) is 20.7. The predicted octanol–water partition coefficient (Wildman–Crippen LogP) is 13.8. The molecule has 13 aromatic rings. The van der Waals surface area contributed by atoms with E-state index in [4.69, 9.17) is 0 Å². The van der Waals surface area contributed by atoms with E-state index in [-0.39, 0.29) is 0 Å². The van der Waals surface area contributed by atoms with E-state index in [1.165, 1.54) is 21.5 Å². The fourth-order valence-corrected chi connectivity index (χ4v) is 10.2. The molecule has 0 aliphatic rings. The average Bonchev–Trinajstić information content (AvgIpc) is 4.06. The van der Waals surface area contributed by atoms with Crippen molar-refractivity contribution < 1.29 is 0 Å². The summed E-state index contributed by atoms with van der Waals surface area (Å²) < 4.78 is 8.95. The van der Waals surface area contributed by atoms with E-state index in [1.807, 2.05) is 24.3 Å². The first-order chi connectivity index (χ1) is 30.7. The summed E-state index contributed by atoms with van der Waals surface area (Å²) in [6.07, 6.45) is 0. The molecule has 0 radical (unpaired) electrons. The topological polar surface area (TPSA) is 67.3 Å². The van der Waals surface area contributed by atoms with Gasteiger partial charge in [0.05, 0.1) is 66.6 Å². The average molecular weight is 789 g/mol. The van der Waals surface area contributed by atoms with Crippen molar-refractivity contribution in [3.63, 3.8) is 0 Å². The first kappa shape index (κ1) is 34.1. The Hall–Kier alpha value is -8.84. The van der Waals surface area contributed by atoms with Gasteiger partial charge in [-0.25, -0.2) is 0 Å². The van der Waals surface area contributed by atoms with Crippen LogP contribution < -0.4 is 0 Å². The quantitative estimate of drug-likeness (QED) is 0.178. The van der Waals surface area contributed by atoms with Crippen molar-refractivity contribution >= 4 is 87.2 Å². The van der Waals surface area contributed by atoms with Crippen LogP contribution in [0.2, 0.25) is 0 Å². The molecule has 0 aliphatic carbocycles. The largest absolute Gasteiger partial charge is 0.309 e. The van der Waals surface area contributed by atoms with Gasteiger partial charge in [0.2, 0.25) is 0 Å². The van der Waals surface area contributed by atoms with E-state index in [0.29, 0.717) is 22.5 Å². The molecule has 6 nitrogen and oxygen atoms in total. The number of nitrogens with zero attached hydrogens (tertiary/aromatic N) is 6. The molecule has 0 saturated heterocycles. The molecule has 0 saturated carbocycles. The lowest BCUT2D eigenvalue weighted by atomic mass is 10.1. The monoisotopic (exact) mass is 788 g/mol. The van der Waals surface area contributed by atoms with Gasteiger partial charge in [-0.1, -0.05) is 109 Å². The highest BCUT2D eigenvalue weighted by Gasteiger charge is 2.23. The minimum Gasteiger partial charge on any atom is -0.309 e. The highest BCUT2D eigenvalue weighted by atomic mass is 15.0. The highest BCUT2D eigenvalue weighted by Crippen LogP contribution is 2.41. The minimum absolute atomic E-state index is 0.473. The summed E-state index contributed by atoms with van der Waals surface area (Å²) in [6.45, 7) is 0. The Kier molecular flexibility index (Phi) is 7.05. The third-order valence-electron chi connectivity index (χ3n) is 12.8. The van der Waals surface area contributed by atoms with E-state index < -0.39 is 0 Å². The van der Waals surface area contributed by atoms with Crippen molar-refractivity contribution in [2.24, 2.45) is 0 Å². The summed E-state index contributed by atoms with van der Waals surface area (Å²) >= 11 is 0. The zero-order chi connectivity index (χ0) is 41.1. The maximum Gasteiger partial charge on any atom is 0.101 e. The second-order valence-electron chi connectivity index (χ2n) is 16.0. The van der Waals surface area contributed by atoms with Gasteiger partial charge in [-0.15, -0.1) is 0 Å². The molecule has 0 unspecified atom stereocenters. The number of rotatable bonds is 4. The van der Waals surface area contributed by atoms with Gasteiger partial charge in [-0.2, -0.15) is 10.5 Å². The third kappa shape index (κ3) is 4.61. The molecule has 0 spiro atoms. The van der Waals surface area contributed by atoms with Crippen LogP contribution in [0.25, 0.3) is 110 Å². The number of nitriles is 2. The SMILES string of the molecule is N#Cc1cc(-n2c3ccccc3c3cc(-n4c5ccccc5c5ccccc54)ccc32)c(C#N)cc1-n1c2ccccc2c2cc(-n3c4ccccc4c4ccccc43)ccc21.